The SMILES string of the molecule is CC(CC(F)(F)F)NCc1ccnc(CN)c1. The lowest BCUT2D eigenvalue weighted by molar-refractivity contribution is -0.139. The monoisotopic (exact) mass is 247 g/mol. The number of alkyl halides is 3. The van der Waals surface area contributed by atoms with Gasteiger partial charge < -0.3 is 11.1 Å². The minimum atomic E-state index is -4.13. The topological polar surface area (TPSA) is 50.9 Å². The zero-order chi connectivity index (χ0) is 12.9. The Labute approximate surface area is 98.2 Å². The summed E-state index contributed by atoms with van der Waals surface area (Å²) in [6.45, 7) is 2.22. The number of hydrogen-bond donors (Lipinski definition) is 2. The van der Waals surface area contributed by atoms with Crippen molar-refractivity contribution in [2.45, 2.75) is 38.7 Å². The van der Waals surface area contributed by atoms with Crippen molar-refractivity contribution in [2.24, 2.45) is 5.73 Å². The number of pyridine rings is 1. The Balaban J connectivity index is 2.44. The Morgan fingerprint density at radius 2 is 2.18 bits per heavy atom. The molecular formula is C11H16F3N3. The van der Waals surface area contributed by atoms with Crippen LogP contribution >= 0.6 is 0 Å². The molecule has 96 valence electrons. The molecule has 0 fully saturated rings. The van der Waals surface area contributed by atoms with Crippen LogP contribution in [0.25, 0.3) is 0 Å². The van der Waals surface area contributed by atoms with Crippen LogP contribution in [0, 0.1) is 0 Å². The van der Waals surface area contributed by atoms with Crippen molar-refractivity contribution in [3.8, 4) is 0 Å². The van der Waals surface area contributed by atoms with Crippen LogP contribution in [-0.2, 0) is 13.1 Å². The van der Waals surface area contributed by atoms with Gasteiger partial charge in [0.1, 0.15) is 0 Å². The highest BCUT2D eigenvalue weighted by Gasteiger charge is 2.29. The molecule has 0 aliphatic heterocycles. The standard InChI is InChI=1S/C11H16F3N3/c1-8(5-11(12,13)14)17-7-9-2-3-16-10(4-9)6-15/h2-4,8,17H,5-7,15H2,1H3. The molecule has 0 bridgehead atoms. The maximum absolute atomic E-state index is 12.1. The second-order valence-corrected chi connectivity index (χ2v) is 3.96. The van der Waals surface area contributed by atoms with Gasteiger partial charge >= 0.3 is 6.18 Å². The molecule has 1 atom stereocenters. The Hall–Kier alpha value is -1.14. The van der Waals surface area contributed by atoms with E-state index in [9.17, 15) is 13.2 Å². The lowest BCUT2D eigenvalue weighted by atomic mass is 10.2. The van der Waals surface area contributed by atoms with Crippen molar-refractivity contribution < 1.29 is 13.2 Å². The Morgan fingerprint density at radius 3 is 2.76 bits per heavy atom. The summed E-state index contributed by atoms with van der Waals surface area (Å²) in [5.74, 6) is 0. The fraction of sp³-hybridized carbons (Fsp3) is 0.545. The van der Waals surface area contributed by atoms with E-state index in [2.05, 4.69) is 10.3 Å². The molecule has 0 saturated carbocycles. The highest BCUT2D eigenvalue weighted by molar-refractivity contribution is 5.16. The van der Waals surface area contributed by atoms with Gasteiger partial charge in [-0.3, -0.25) is 4.98 Å². The minimum absolute atomic E-state index is 0.325. The Kier molecular flexibility index (Phi) is 4.89. The third-order valence-electron chi connectivity index (χ3n) is 2.28. The molecule has 0 aliphatic rings. The lowest BCUT2D eigenvalue weighted by Gasteiger charge is -2.15. The normalized spacial score (nSPS) is 13.7. The van der Waals surface area contributed by atoms with Crippen LogP contribution in [0.2, 0.25) is 0 Å². The molecule has 0 aliphatic carbocycles. The van der Waals surface area contributed by atoms with Crippen LogP contribution in [0.5, 0.6) is 0 Å². The van der Waals surface area contributed by atoms with Gasteiger partial charge in [-0.15, -0.1) is 0 Å². The van der Waals surface area contributed by atoms with Crippen molar-refractivity contribution in [3.63, 3.8) is 0 Å². The van der Waals surface area contributed by atoms with Crippen molar-refractivity contribution in [3.05, 3.63) is 29.6 Å². The van der Waals surface area contributed by atoms with Gasteiger partial charge in [0.25, 0.3) is 0 Å². The second kappa shape index (κ2) is 5.97. The van der Waals surface area contributed by atoms with E-state index in [4.69, 9.17) is 5.73 Å². The van der Waals surface area contributed by atoms with E-state index in [0.29, 0.717) is 13.1 Å². The summed E-state index contributed by atoms with van der Waals surface area (Å²) in [6, 6.07) is 2.93. The van der Waals surface area contributed by atoms with Crippen LogP contribution in [0.15, 0.2) is 18.3 Å². The molecule has 0 spiro atoms. The smallest absolute Gasteiger partial charge is 0.325 e. The zero-order valence-electron chi connectivity index (χ0n) is 9.59. The summed E-state index contributed by atoms with van der Waals surface area (Å²) in [6.07, 6.45) is -3.36. The largest absolute Gasteiger partial charge is 0.390 e. The average Bonchev–Trinajstić information content (AvgIpc) is 2.24. The molecule has 0 radical (unpaired) electrons. The number of nitrogens with two attached hydrogens (primary N) is 1. The number of nitrogens with zero attached hydrogens (tertiary/aromatic N) is 1. The minimum Gasteiger partial charge on any atom is -0.325 e. The van der Waals surface area contributed by atoms with Gasteiger partial charge in [0.05, 0.1) is 12.1 Å². The molecule has 0 amide bonds. The summed E-state index contributed by atoms with van der Waals surface area (Å²) >= 11 is 0. The molecule has 1 aromatic heterocycles. The van der Waals surface area contributed by atoms with E-state index in [1.807, 2.05) is 0 Å². The molecule has 3 N–H and O–H groups in total. The van der Waals surface area contributed by atoms with Crippen LogP contribution in [0.3, 0.4) is 0 Å². The molecule has 6 heteroatoms. The van der Waals surface area contributed by atoms with Gasteiger partial charge in [-0.2, -0.15) is 13.2 Å². The molecule has 17 heavy (non-hydrogen) atoms. The van der Waals surface area contributed by atoms with E-state index >= 15 is 0 Å². The van der Waals surface area contributed by atoms with Crippen molar-refractivity contribution >= 4 is 0 Å². The fourth-order valence-electron chi connectivity index (χ4n) is 1.46. The third kappa shape index (κ3) is 5.65. The van der Waals surface area contributed by atoms with Crippen LogP contribution in [0.4, 0.5) is 13.2 Å². The van der Waals surface area contributed by atoms with Gasteiger partial charge in [0.15, 0.2) is 0 Å². The molecule has 1 rings (SSSR count). The van der Waals surface area contributed by atoms with E-state index in [1.165, 1.54) is 6.92 Å². The number of hydrogen-bond acceptors (Lipinski definition) is 3. The van der Waals surface area contributed by atoms with Gasteiger partial charge in [-0.1, -0.05) is 0 Å². The first-order valence-electron chi connectivity index (χ1n) is 5.34. The maximum Gasteiger partial charge on any atom is 0.390 e. The number of nitrogens with one attached hydrogen (secondary N) is 1. The average molecular weight is 247 g/mol. The molecule has 1 heterocycles. The Morgan fingerprint density at radius 1 is 1.47 bits per heavy atom. The molecule has 1 aromatic rings. The predicted octanol–water partition coefficient (Wildman–Crippen LogP) is 1.97. The molecule has 3 nitrogen and oxygen atoms in total. The van der Waals surface area contributed by atoms with Crippen LogP contribution in [0.1, 0.15) is 24.6 Å². The summed E-state index contributed by atoms with van der Waals surface area (Å²) < 4.78 is 36.3. The first-order valence-corrected chi connectivity index (χ1v) is 5.34. The van der Waals surface area contributed by atoms with Crippen molar-refractivity contribution in [1.29, 1.82) is 0 Å². The highest BCUT2D eigenvalue weighted by atomic mass is 19.4. The summed E-state index contributed by atoms with van der Waals surface area (Å²) in [5, 5.41) is 2.82. The number of rotatable bonds is 5. The van der Waals surface area contributed by atoms with Crippen LogP contribution < -0.4 is 11.1 Å². The van der Waals surface area contributed by atoms with Crippen molar-refractivity contribution in [2.75, 3.05) is 0 Å². The molecule has 0 aromatic carbocycles. The van der Waals surface area contributed by atoms with Crippen molar-refractivity contribution in [1.82, 2.24) is 10.3 Å². The first kappa shape index (κ1) is 13.9. The quantitative estimate of drug-likeness (QED) is 0.836. The zero-order valence-corrected chi connectivity index (χ0v) is 9.59. The van der Waals surface area contributed by atoms with Gasteiger partial charge in [-0.25, -0.2) is 0 Å². The van der Waals surface area contributed by atoms with Gasteiger partial charge in [0, 0.05) is 25.3 Å². The summed E-state index contributed by atoms with van der Waals surface area (Å²) in [7, 11) is 0. The van der Waals surface area contributed by atoms with E-state index in [-0.39, 0.29) is 0 Å². The summed E-state index contributed by atoms with van der Waals surface area (Å²) in [4.78, 5) is 4.01. The number of aromatic nitrogens is 1. The van der Waals surface area contributed by atoms with Gasteiger partial charge in [-0.05, 0) is 24.6 Å². The fourth-order valence-corrected chi connectivity index (χ4v) is 1.46. The number of halogens is 3. The van der Waals surface area contributed by atoms with E-state index < -0.39 is 18.6 Å². The van der Waals surface area contributed by atoms with Crippen LogP contribution in [-0.4, -0.2) is 17.2 Å². The lowest BCUT2D eigenvalue weighted by Crippen LogP contribution is -2.30. The first-order chi connectivity index (χ1) is 7.90. The summed E-state index contributed by atoms with van der Waals surface area (Å²) in [5.41, 5.74) is 7.04. The van der Waals surface area contributed by atoms with E-state index in [1.54, 1.807) is 18.3 Å². The highest BCUT2D eigenvalue weighted by Crippen LogP contribution is 2.21. The second-order valence-electron chi connectivity index (χ2n) is 3.96. The predicted molar refractivity (Wildman–Crippen MR) is 59.1 cm³/mol. The molecule has 0 saturated heterocycles. The Bertz CT molecular complexity index is 352. The third-order valence-corrected chi connectivity index (χ3v) is 2.28. The molecule has 1 unspecified atom stereocenters. The van der Waals surface area contributed by atoms with Gasteiger partial charge in [0.2, 0.25) is 0 Å². The molecular weight excluding hydrogens is 231 g/mol. The van der Waals surface area contributed by atoms with E-state index in [0.717, 1.165) is 11.3 Å². The maximum atomic E-state index is 12.1.